The van der Waals surface area contributed by atoms with E-state index >= 15 is 0 Å². The van der Waals surface area contributed by atoms with Gasteiger partial charge in [0, 0.05) is 14.2 Å². The van der Waals surface area contributed by atoms with Gasteiger partial charge in [0.15, 0.2) is 21.8 Å². The van der Waals surface area contributed by atoms with Crippen molar-refractivity contribution >= 4 is 24.8 Å². The quantitative estimate of drug-likeness (QED) is 0.300. The molecule has 0 amide bonds. The predicted molar refractivity (Wildman–Crippen MR) is 133 cm³/mol. The molecule has 0 saturated carbocycles. The molecule has 170 valence electrons. The van der Waals surface area contributed by atoms with E-state index < -0.39 is 8.24 Å². The third-order valence-corrected chi connectivity index (χ3v) is 8.89. The molecular weight excluding hydrogens is 418 g/mol. The number of hydrogen-bond acceptors (Lipinski definition) is 5. The molecular formula is C26H33NO4Si. The molecule has 0 aliphatic carbocycles. The SMILES string of the molecule is COCOc1c(C)cccc1N(c1cccc(C)c1OCOC)[Si](C)(C)c1ccccc1. The van der Waals surface area contributed by atoms with Crippen molar-refractivity contribution in [2.75, 3.05) is 32.4 Å². The first kappa shape index (κ1) is 23.9. The van der Waals surface area contributed by atoms with Crippen LogP contribution in [0.5, 0.6) is 11.5 Å². The lowest BCUT2D eigenvalue weighted by Crippen LogP contribution is -2.56. The van der Waals surface area contributed by atoms with Crippen molar-refractivity contribution in [3.63, 3.8) is 0 Å². The molecule has 0 bridgehead atoms. The van der Waals surface area contributed by atoms with Gasteiger partial charge in [0.1, 0.15) is 11.5 Å². The van der Waals surface area contributed by atoms with Crippen LogP contribution in [0.15, 0.2) is 66.7 Å². The first-order valence-corrected chi connectivity index (χ1v) is 13.6. The first-order chi connectivity index (χ1) is 15.4. The largest absolute Gasteiger partial charge is 0.465 e. The van der Waals surface area contributed by atoms with E-state index in [0.29, 0.717) is 0 Å². The van der Waals surface area contributed by atoms with Crippen molar-refractivity contribution in [3.8, 4) is 11.5 Å². The molecule has 0 aromatic heterocycles. The van der Waals surface area contributed by atoms with Crippen molar-refractivity contribution in [2.45, 2.75) is 26.9 Å². The number of aryl methyl sites for hydroxylation is 2. The van der Waals surface area contributed by atoms with Crippen LogP contribution in [0.3, 0.4) is 0 Å². The molecule has 3 rings (SSSR count). The van der Waals surface area contributed by atoms with E-state index in [2.05, 4.69) is 98.2 Å². The number of hydrogen-bond donors (Lipinski definition) is 0. The molecule has 0 atom stereocenters. The molecule has 0 saturated heterocycles. The van der Waals surface area contributed by atoms with Gasteiger partial charge in [-0.2, -0.15) is 0 Å². The van der Waals surface area contributed by atoms with Gasteiger partial charge in [-0.15, -0.1) is 0 Å². The van der Waals surface area contributed by atoms with Crippen LogP contribution < -0.4 is 19.2 Å². The lowest BCUT2D eigenvalue weighted by molar-refractivity contribution is 0.0506. The molecule has 0 fully saturated rings. The first-order valence-electron chi connectivity index (χ1n) is 10.7. The van der Waals surface area contributed by atoms with Crippen LogP contribution >= 0.6 is 0 Å². The molecule has 0 aliphatic heterocycles. The average molecular weight is 452 g/mol. The third-order valence-electron chi connectivity index (χ3n) is 5.55. The number of rotatable bonds is 10. The molecule has 0 spiro atoms. The van der Waals surface area contributed by atoms with Crippen LogP contribution in [0.25, 0.3) is 0 Å². The Kier molecular flexibility index (Phi) is 7.96. The van der Waals surface area contributed by atoms with Crippen LogP contribution in [0.1, 0.15) is 11.1 Å². The summed E-state index contributed by atoms with van der Waals surface area (Å²) in [5, 5.41) is 1.30. The Balaban J connectivity index is 2.29. The van der Waals surface area contributed by atoms with Crippen molar-refractivity contribution in [2.24, 2.45) is 0 Å². The van der Waals surface area contributed by atoms with Gasteiger partial charge in [-0.25, -0.2) is 0 Å². The summed E-state index contributed by atoms with van der Waals surface area (Å²) in [7, 11) is 0.983. The second kappa shape index (κ2) is 10.7. The molecule has 0 aliphatic rings. The van der Waals surface area contributed by atoms with E-state index in [4.69, 9.17) is 18.9 Å². The van der Waals surface area contributed by atoms with Crippen LogP contribution in [0, 0.1) is 13.8 Å². The fraction of sp³-hybridized carbons (Fsp3) is 0.308. The molecule has 0 N–H and O–H groups in total. The second-order valence-corrected chi connectivity index (χ2v) is 12.4. The van der Waals surface area contributed by atoms with Crippen LogP contribution in [-0.2, 0) is 9.47 Å². The predicted octanol–water partition coefficient (Wildman–Crippen LogP) is 5.52. The lowest BCUT2D eigenvalue weighted by Gasteiger charge is -2.41. The van der Waals surface area contributed by atoms with Gasteiger partial charge in [0.25, 0.3) is 0 Å². The van der Waals surface area contributed by atoms with Crippen molar-refractivity contribution in [1.82, 2.24) is 0 Å². The number of benzene rings is 3. The van der Waals surface area contributed by atoms with E-state index in [0.717, 1.165) is 34.0 Å². The van der Waals surface area contributed by atoms with Gasteiger partial charge in [0.2, 0.25) is 0 Å². The van der Waals surface area contributed by atoms with Crippen molar-refractivity contribution < 1.29 is 18.9 Å². The Morgan fingerprint density at radius 2 is 1.12 bits per heavy atom. The fourth-order valence-corrected chi connectivity index (χ4v) is 6.77. The van der Waals surface area contributed by atoms with Gasteiger partial charge in [-0.05, 0) is 55.4 Å². The fourth-order valence-electron chi connectivity index (χ4n) is 3.94. The average Bonchev–Trinajstić information content (AvgIpc) is 2.79. The number of anilines is 2. The highest BCUT2D eigenvalue weighted by Gasteiger charge is 2.37. The molecule has 5 nitrogen and oxygen atoms in total. The highest BCUT2D eigenvalue weighted by atomic mass is 28.3. The van der Waals surface area contributed by atoms with E-state index in [-0.39, 0.29) is 13.6 Å². The highest BCUT2D eigenvalue weighted by molar-refractivity contribution is 6.93. The molecule has 6 heteroatoms. The maximum atomic E-state index is 6.09. The summed E-state index contributed by atoms with van der Waals surface area (Å²) in [6.45, 7) is 9.16. The maximum Gasteiger partial charge on any atom is 0.188 e. The van der Waals surface area contributed by atoms with Gasteiger partial charge in [-0.1, -0.05) is 54.6 Å². The Morgan fingerprint density at radius 3 is 1.56 bits per heavy atom. The summed E-state index contributed by atoms with van der Waals surface area (Å²) in [6, 6.07) is 23.1. The monoisotopic (exact) mass is 451 g/mol. The Bertz CT molecular complexity index is 966. The van der Waals surface area contributed by atoms with E-state index in [1.165, 1.54) is 5.19 Å². The Hall–Kier alpha value is -2.80. The van der Waals surface area contributed by atoms with E-state index in [9.17, 15) is 0 Å². The molecule has 0 unspecified atom stereocenters. The molecule has 0 radical (unpaired) electrons. The molecule has 0 heterocycles. The van der Waals surface area contributed by atoms with Crippen LogP contribution in [0.2, 0.25) is 13.1 Å². The van der Waals surface area contributed by atoms with Crippen LogP contribution in [0.4, 0.5) is 11.4 Å². The lowest BCUT2D eigenvalue weighted by atomic mass is 10.1. The normalized spacial score (nSPS) is 11.3. The zero-order chi connectivity index (χ0) is 23.1. The molecule has 3 aromatic carbocycles. The number of ether oxygens (including phenoxy) is 4. The van der Waals surface area contributed by atoms with E-state index in [1.807, 2.05) is 0 Å². The van der Waals surface area contributed by atoms with Crippen molar-refractivity contribution in [1.29, 1.82) is 0 Å². The van der Waals surface area contributed by atoms with Crippen molar-refractivity contribution in [3.05, 3.63) is 77.9 Å². The smallest absolute Gasteiger partial charge is 0.188 e. The maximum absolute atomic E-state index is 6.09. The molecule has 32 heavy (non-hydrogen) atoms. The summed E-state index contributed by atoms with van der Waals surface area (Å²) in [4.78, 5) is 0. The van der Waals surface area contributed by atoms with Gasteiger partial charge < -0.3 is 23.5 Å². The summed E-state index contributed by atoms with van der Waals surface area (Å²) < 4.78 is 25.1. The van der Waals surface area contributed by atoms with Gasteiger partial charge in [-0.3, -0.25) is 0 Å². The molecule has 3 aromatic rings. The van der Waals surface area contributed by atoms with Gasteiger partial charge in [0.05, 0.1) is 11.4 Å². The number of methoxy groups -OCH3 is 2. The summed E-state index contributed by atoms with van der Waals surface area (Å²) >= 11 is 0. The Labute approximate surface area is 192 Å². The van der Waals surface area contributed by atoms with Gasteiger partial charge >= 0.3 is 0 Å². The number of nitrogens with zero attached hydrogens (tertiary/aromatic N) is 1. The minimum atomic E-state index is -2.29. The zero-order valence-corrected chi connectivity index (χ0v) is 20.8. The third kappa shape index (κ3) is 4.98. The standard InChI is InChI=1S/C26H33NO4Si/c1-20-12-10-16-23(25(20)30-18-28-3)27(32(5,6)22-14-8-7-9-15-22)24-17-11-13-21(2)26(24)31-19-29-4/h7-17H,18-19H2,1-6H3. The topological polar surface area (TPSA) is 40.2 Å². The minimum Gasteiger partial charge on any atom is -0.465 e. The zero-order valence-electron chi connectivity index (χ0n) is 19.8. The van der Waals surface area contributed by atoms with Crippen LogP contribution in [-0.4, -0.2) is 36.0 Å². The Morgan fingerprint density at radius 1 is 0.656 bits per heavy atom. The number of para-hydroxylation sites is 2. The summed E-state index contributed by atoms with van der Waals surface area (Å²) in [6.07, 6.45) is 0. The highest BCUT2D eigenvalue weighted by Crippen LogP contribution is 2.44. The summed E-state index contributed by atoms with van der Waals surface area (Å²) in [5.74, 6) is 1.62. The van der Waals surface area contributed by atoms with E-state index in [1.54, 1.807) is 14.2 Å². The minimum absolute atomic E-state index is 0.180. The summed E-state index contributed by atoms with van der Waals surface area (Å²) in [5.41, 5.74) is 4.09. The second-order valence-electron chi connectivity index (χ2n) is 8.21.